The number of amides is 1. The zero-order valence-corrected chi connectivity index (χ0v) is 12.0. The Balaban J connectivity index is 2.25. The number of aromatic carboxylic acids is 1. The summed E-state index contributed by atoms with van der Waals surface area (Å²) in [6, 6.07) is 5.49. The van der Waals surface area contributed by atoms with Gasteiger partial charge in [0.25, 0.3) is 0 Å². The summed E-state index contributed by atoms with van der Waals surface area (Å²) in [6.07, 6.45) is 0.379. The minimum atomic E-state index is -1.06. The van der Waals surface area contributed by atoms with Gasteiger partial charge in [-0.1, -0.05) is 11.6 Å². The number of anilines is 1. The molecule has 21 heavy (non-hydrogen) atoms. The fourth-order valence-electron chi connectivity index (χ4n) is 2.81. The molecular weight excluding hydrogens is 270 g/mol. The van der Waals surface area contributed by atoms with Gasteiger partial charge >= 0.3 is 5.97 Å². The summed E-state index contributed by atoms with van der Waals surface area (Å²) >= 11 is 0. The van der Waals surface area contributed by atoms with Crippen molar-refractivity contribution in [3.63, 3.8) is 0 Å². The van der Waals surface area contributed by atoms with Crippen LogP contribution in [0, 0.1) is 6.92 Å². The van der Waals surface area contributed by atoms with Crippen LogP contribution >= 0.6 is 0 Å². The summed E-state index contributed by atoms with van der Waals surface area (Å²) in [7, 11) is 3.44. The van der Waals surface area contributed by atoms with E-state index < -0.39 is 5.97 Å². The molecule has 2 heterocycles. The maximum absolute atomic E-state index is 11.9. The summed E-state index contributed by atoms with van der Waals surface area (Å²) < 4.78 is 1.54. The highest BCUT2D eigenvalue weighted by Crippen LogP contribution is 2.39. The van der Waals surface area contributed by atoms with Crippen molar-refractivity contribution < 1.29 is 14.7 Å². The van der Waals surface area contributed by atoms with Gasteiger partial charge in [0.1, 0.15) is 0 Å². The first-order chi connectivity index (χ1) is 9.88. The first-order valence-electron chi connectivity index (χ1n) is 6.56. The molecule has 1 aliphatic rings. The van der Waals surface area contributed by atoms with Crippen LogP contribution in [-0.2, 0) is 18.3 Å². The second kappa shape index (κ2) is 4.44. The van der Waals surface area contributed by atoms with E-state index in [9.17, 15) is 9.59 Å². The van der Waals surface area contributed by atoms with E-state index in [0.717, 1.165) is 22.4 Å². The fourth-order valence-corrected chi connectivity index (χ4v) is 2.81. The Morgan fingerprint density at radius 2 is 2.00 bits per heavy atom. The van der Waals surface area contributed by atoms with E-state index in [1.807, 2.05) is 19.1 Å². The third-order valence-electron chi connectivity index (χ3n) is 3.76. The van der Waals surface area contributed by atoms with Crippen LogP contribution in [0.2, 0.25) is 0 Å². The van der Waals surface area contributed by atoms with Gasteiger partial charge in [0, 0.05) is 19.7 Å². The second-order valence-corrected chi connectivity index (χ2v) is 5.29. The van der Waals surface area contributed by atoms with Gasteiger partial charge in [-0.25, -0.2) is 4.79 Å². The predicted molar refractivity (Wildman–Crippen MR) is 77.5 cm³/mol. The van der Waals surface area contributed by atoms with Gasteiger partial charge in [-0.2, -0.15) is 5.10 Å². The summed E-state index contributed by atoms with van der Waals surface area (Å²) in [4.78, 5) is 24.6. The number of likely N-dealkylation sites (N-methyl/N-ethyl adjacent to an activating group) is 1. The quantitative estimate of drug-likeness (QED) is 0.909. The molecule has 0 unspecified atom stereocenters. The third kappa shape index (κ3) is 1.99. The van der Waals surface area contributed by atoms with Crippen molar-refractivity contribution in [2.75, 3.05) is 11.9 Å². The van der Waals surface area contributed by atoms with Crippen molar-refractivity contribution in [3.8, 4) is 11.3 Å². The van der Waals surface area contributed by atoms with E-state index in [2.05, 4.69) is 5.10 Å². The molecule has 2 aromatic rings. The molecule has 6 nitrogen and oxygen atoms in total. The lowest BCUT2D eigenvalue weighted by molar-refractivity contribution is -0.117. The van der Waals surface area contributed by atoms with E-state index in [4.69, 9.17) is 5.11 Å². The van der Waals surface area contributed by atoms with Crippen molar-refractivity contribution in [3.05, 3.63) is 35.0 Å². The average molecular weight is 285 g/mol. The Morgan fingerprint density at radius 3 is 2.62 bits per heavy atom. The molecule has 1 aliphatic heterocycles. The van der Waals surface area contributed by atoms with Crippen molar-refractivity contribution >= 4 is 17.6 Å². The lowest BCUT2D eigenvalue weighted by atomic mass is 10.0. The second-order valence-electron chi connectivity index (χ2n) is 5.29. The largest absolute Gasteiger partial charge is 0.476 e. The highest BCUT2D eigenvalue weighted by atomic mass is 16.4. The summed E-state index contributed by atoms with van der Waals surface area (Å²) in [6.45, 7) is 1.96. The Bertz CT molecular complexity index is 777. The molecule has 0 spiro atoms. The summed E-state index contributed by atoms with van der Waals surface area (Å²) in [5.41, 5.74) is 4.36. The molecule has 1 amide bonds. The summed E-state index contributed by atoms with van der Waals surface area (Å²) in [5, 5.41) is 13.1. The van der Waals surface area contributed by atoms with Crippen molar-refractivity contribution in [2.24, 2.45) is 7.05 Å². The Labute approximate surface area is 121 Å². The number of carbonyl (C=O) groups is 2. The molecule has 0 radical (unpaired) electrons. The average Bonchev–Trinajstić information content (AvgIpc) is 2.91. The number of aromatic nitrogens is 2. The molecule has 0 fully saturated rings. The zero-order valence-electron chi connectivity index (χ0n) is 12.0. The van der Waals surface area contributed by atoms with Crippen LogP contribution in [0.25, 0.3) is 11.3 Å². The number of nitrogens with zero attached hydrogens (tertiary/aromatic N) is 3. The highest BCUT2D eigenvalue weighted by Gasteiger charge is 2.29. The van der Waals surface area contributed by atoms with Crippen LogP contribution in [0.15, 0.2) is 18.2 Å². The lowest BCUT2D eigenvalue weighted by Gasteiger charge is -2.16. The summed E-state index contributed by atoms with van der Waals surface area (Å²) in [5.74, 6) is -1.02. The van der Waals surface area contributed by atoms with Gasteiger partial charge in [0.2, 0.25) is 5.91 Å². The van der Waals surface area contributed by atoms with Crippen LogP contribution in [-0.4, -0.2) is 33.8 Å². The van der Waals surface area contributed by atoms with Gasteiger partial charge in [0.05, 0.1) is 17.8 Å². The van der Waals surface area contributed by atoms with E-state index in [0.29, 0.717) is 12.1 Å². The van der Waals surface area contributed by atoms with Gasteiger partial charge < -0.3 is 10.0 Å². The molecular formula is C15H15N3O3. The van der Waals surface area contributed by atoms with E-state index in [-0.39, 0.29) is 11.6 Å². The SMILES string of the molecule is Cc1cc2c(c(-c3cc(C(=O)O)nn3C)c1)N(C)C(=O)C2. The topological polar surface area (TPSA) is 75.4 Å². The van der Waals surface area contributed by atoms with Crippen molar-refractivity contribution in [1.29, 1.82) is 0 Å². The Morgan fingerprint density at radius 1 is 1.29 bits per heavy atom. The lowest BCUT2D eigenvalue weighted by Crippen LogP contribution is -2.21. The highest BCUT2D eigenvalue weighted by molar-refractivity contribution is 6.05. The number of hydrogen-bond acceptors (Lipinski definition) is 3. The van der Waals surface area contributed by atoms with Gasteiger partial charge in [-0.15, -0.1) is 0 Å². The van der Waals surface area contributed by atoms with Crippen LogP contribution in [0.1, 0.15) is 21.6 Å². The molecule has 3 rings (SSSR count). The smallest absolute Gasteiger partial charge is 0.356 e. The number of rotatable bonds is 2. The minimum Gasteiger partial charge on any atom is -0.476 e. The number of carbonyl (C=O) groups excluding carboxylic acids is 1. The van der Waals surface area contributed by atoms with Gasteiger partial charge in [0.15, 0.2) is 5.69 Å². The molecule has 0 saturated heterocycles. The number of carboxylic acids is 1. The first kappa shape index (κ1) is 13.4. The Kier molecular flexibility index (Phi) is 2.83. The number of aryl methyl sites for hydroxylation is 2. The van der Waals surface area contributed by atoms with Crippen molar-refractivity contribution in [2.45, 2.75) is 13.3 Å². The standard InChI is InChI=1S/C15H15N3O3/c1-8-4-9-6-13(19)17(2)14(9)10(5-8)12-7-11(15(20)21)16-18(12)3/h4-5,7H,6H2,1-3H3,(H,20,21). The molecule has 1 aromatic carbocycles. The normalized spacial score (nSPS) is 13.7. The number of carboxylic acid groups (broad SMARTS) is 1. The number of hydrogen-bond donors (Lipinski definition) is 1. The maximum Gasteiger partial charge on any atom is 0.356 e. The van der Waals surface area contributed by atoms with E-state index >= 15 is 0 Å². The van der Waals surface area contributed by atoms with Crippen LogP contribution in [0.5, 0.6) is 0 Å². The number of fused-ring (bicyclic) bond motifs is 1. The molecule has 6 heteroatoms. The monoisotopic (exact) mass is 285 g/mol. The zero-order chi connectivity index (χ0) is 15.3. The van der Waals surface area contributed by atoms with Crippen LogP contribution in [0.4, 0.5) is 5.69 Å². The molecule has 0 atom stereocenters. The van der Waals surface area contributed by atoms with Gasteiger partial charge in [-0.05, 0) is 24.6 Å². The van der Waals surface area contributed by atoms with Gasteiger partial charge in [-0.3, -0.25) is 9.48 Å². The molecule has 0 aliphatic carbocycles. The molecule has 1 N–H and O–H groups in total. The molecule has 0 bridgehead atoms. The molecule has 1 aromatic heterocycles. The minimum absolute atomic E-state index is 0.00488. The maximum atomic E-state index is 11.9. The third-order valence-corrected chi connectivity index (χ3v) is 3.76. The molecule has 0 saturated carbocycles. The Hall–Kier alpha value is -2.63. The van der Waals surface area contributed by atoms with E-state index in [1.54, 1.807) is 19.0 Å². The first-order valence-corrected chi connectivity index (χ1v) is 6.56. The van der Waals surface area contributed by atoms with Crippen LogP contribution < -0.4 is 4.90 Å². The predicted octanol–water partition coefficient (Wildman–Crippen LogP) is 1.61. The van der Waals surface area contributed by atoms with E-state index in [1.165, 1.54) is 10.7 Å². The number of benzene rings is 1. The fraction of sp³-hybridized carbons (Fsp3) is 0.267. The molecule has 108 valence electrons. The van der Waals surface area contributed by atoms with Crippen molar-refractivity contribution in [1.82, 2.24) is 9.78 Å². The van der Waals surface area contributed by atoms with Crippen LogP contribution in [0.3, 0.4) is 0 Å².